The Balaban J connectivity index is 1.98. The molecule has 0 aromatic carbocycles. The Hall–Kier alpha value is -0.990. The quantitative estimate of drug-likeness (QED) is 0.821. The summed E-state index contributed by atoms with van der Waals surface area (Å²) in [6.07, 6.45) is 6.34. The molecule has 0 spiro atoms. The monoisotopic (exact) mass is 205 g/mol. The Morgan fingerprint density at radius 3 is 2.80 bits per heavy atom. The van der Waals surface area contributed by atoms with Crippen LogP contribution in [0.25, 0.3) is 0 Å². The van der Waals surface area contributed by atoms with Gasteiger partial charge in [-0.2, -0.15) is 5.10 Å². The molecule has 82 valence electrons. The highest BCUT2D eigenvalue weighted by molar-refractivity contribution is 5.51. The van der Waals surface area contributed by atoms with Crippen molar-refractivity contribution in [3.63, 3.8) is 0 Å². The van der Waals surface area contributed by atoms with Crippen molar-refractivity contribution in [2.75, 3.05) is 5.32 Å². The maximum absolute atomic E-state index is 4.73. The number of hydrogen-bond donors (Lipinski definition) is 1. The average Bonchev–Trinajstić information content (AvgIpc) is 2.76. The molecular weight excluding hydrogens is 186 g/mol. The van der Waals surface area contributed by atoms with Gasteiger partial charge in [0.05, 0.1) is 5.69 Å². The lowest BCUT2D eigenvalue weighted by Crippen LogP contribution is -2.12. The van der Waals surface area contributed by atoms with Crippen LogP contribution in [0.4, 0.5) is 5.82 Å². The number of rotatable bonds is 3. The van der Waals surface area contributed by atoms with Crippen molar-refractivity contribution in [2.45, 2.75) is 58.0 Å². The van der Waals surface area contributed by atoms with E-state index >= 15 is 0 Å². The predicted molar refractivity (Wildman–Crippen MR) is 61.3 cm³/mol. The third-order valence-electron chi connectivity index (χ3n) is 3.34. The standard InChI is InChI=1S/C12H19N3/c1-8(2)15-12(13-9-6-7-9)10-4-3-5-11(10)14-15/h8-9,13H,3-7H2,1-2H3. The van der Waals surface area contributed by atoms with E-state index in [9.17, 15) is 0 Å². The van der Waals surface area contributed by atoms with Crippen molar-refractivity contribution in [3.05, 3.63) is 11.3 Å². The van der Waals surface area contributed by atoms with Gasteiger partial charge in [-0.15, -0.1) is 0 Å². The van der Waals surface area contributed by atoms with E-state index in [1.54, 1.807) is 0 Å². The molecule has 1 aromatic heterocycles. The SMILES string of the molecule is CC(C)n1nc2c(c1NC1CC1)CCC2. The van der Waals surface area contributed by atoms with Gasteiger partial charge >= 0.3 is 0 Å². The van der Waals surface area contributed by atoms with E-state index in [0.717, 1.165) is 6.04 Å². The number of hydrogen-bond acceptors (Lipinski definition) is 2. The Kier molecular flexibility index (Phi) is 2.01. The smallest absolute Gasteiger partial charge is 0.128 e. The second kappa shape index (κ2) is 3.26. The number of aryl methyl sites for hydroxylation is 1. The van der Waals surface area contributed by atoms with Crippen molar-refractivity contribution in [1.82, 2.24) is 9.78 Å². The van der Waals surface area contributed by atoms with Crippen LogP contribution in [-0.2, 0) is 12.8 Å². The minimum absolute atomic E-state index is 0.469. The van der Waals surface area contributed by atoms with E-state index in [4.69, 9.17) is 5.10 Å². The van der Waals surface area contributed by atoms with Crippen LogP contribution >= 0.6 is 0 Å². The van der Waals surface area contributed by atoms with Gasteiger partial charge in [0.2, 0.25) is 0 Å². The summed E-state index contributed by atoms with van der Waals surface area (Å²) in [6, 6.07) is 1.20. The summed E-state index contributed by atoms with van der Waals surface area (Å²) in [5.41, 5.74) is 2.84. The van der Waals surface area contributed by atoms with Crippen molar-refractivity contribution in [1.29, 1.82) is 0 Å². The first-order chi connectivity index (χ1) is 7.25. The van der Waals surface area contributed by atoms with E-state index in [0.29, 0.717) is 6.04 Å². The highest BCUT2D eigenvalue weighted by atomic mass is 15.4. The predicted octanol–water partition coefficient (Wildman–Crippen LogP) is 2.53. The number of fused-ring (bicyclic) bond motifs is 1. The molecule has 1 N–H and O–H groups in total. The minimum atomic E-state index is 0.469. The van der Waals surface area contributed by atoms with Crippen molar-refractivity contribution in [2.24, 2.45) is 0 Å². The fourth-order valence-corrected chi connectivity index (χ4v) is 2.36. The second-order valence-electron chi connectivity index (χ2n) is 5.08. The lowest BCUT2D eigenvalue weighted by atomic mass is 10.2. The van der Waals surface area contributed by atoms with Gasteiger partial charge in [-0.25, -0.2) is 4.68 Å². The summed E-state index contributed by atoms with van der Waals surface area (Å²) in [5, 5.41) is 8.37. The molecule has 0 amide bonds. The molecule has 1 aromatic rings. The molecule has 1 heterocycles. The van der Waals surface area contributed by atoms with Gasteiger partial charge in [0.15, 0.2) is 0 Å². The molecule has 0 atom stereocenters. The minimum Gasteiger partial charge on any atom is -0.367 e. The van der Waals surface area contributed by atoms with E-state index in [2.05, 4.69) is 23.8 Å². The van der Waals surface area contributed by atoms with Crippen LogP contribution < -0.4 is 5.32 Å². The molecule has 15 heavy (non-hydrogen) atoms. The molecule has 2 aliphatic carbocycles. The number of nitrogens with one attached hydrogen (secondary N) is 1. The van der Waals surface area contributed by atoms with Crippen LogP contribution in [0.15, 0.2) is 0 Å². The summed E-state index contributed by atoms with van der Waals surface area (Å²) in [5.74, 6) is 1.32. The van der Waals surface area contributed by atoms with Crippen LogP contribution in [0.3, 0.4) is 0 Å². The van der Waals surface area contributed by atoms with Crippen LogP contribution in [0, 0.1) is 0 Å². The molecule has 2 aliphatic rings. The normalized spacial score (nSPS) is 19.7. The Labute approximate surface area is 90.9 Å². The molecular formula is C12H19N3. The Morgan fingerprint density at radius 1 is 1.33 bits per heavy atom. The maximum Gasteiger partial charge on any atom is 0.128 e. The summed E-state index contributed by atoms with van der Waals surface area (Å²) in [7, 11) is 0. The number of aromatic nitrogens is 2. The van der Waals surface area contributed by atoms with Gasteiger partial charge in [-0.3, -0.25) is 0 Å². The fraction of sp³-hybridized carbons (Fsp3) is 0.750. The van der Waals surface area contributed by atoms with Crippen LogP contribution in [0.2, 0.25) is 0 Å². The van der Waals surface area contributed by atoms with Gasteiger partial charge in [0.25, 0.3) is 0 Å². The van der Waals surface area contributed by atoms with Crippen LogP contribution in [0.1, 0.15) is 50.4 Å². The van der Waals surface area contributed by atoms with Crippen LogP contribution in [-0.4, -0.2) is 15.8 Å². The van der Waals surface area contributed by atoms with E-state index in [1.807, 2.05) is 0 Å². The summed E-state index contributed by atoms with van der Waals surface area (Å²) in [6.45, 7) is 4.42. The zero-order valence-corrected chi connectivity index (χ0v) is 9.58. The van der Waals surface area contributed by atoms with Crippen LogP contribution in [0.5, 0.6) is 0 Å². The second-order valence-corrected chi connectivity index (χ2v) is 5.08. The third kappa shape index (κ3) is 1.54. The summed E-state index contributed by atoms with van der Waals surface area (Å²) in [4.78, 5) is 0. The molecule has 0 aliphatic heterocycles. The Bertz CT molecular complexity index is 374. The highest BCUT2D eigenvalue weighted by Crippen LogP contribution is 2.34. The van der Waals surface area contributed by atoms with Gasteiger partial charge < -0.3 is 5.32 Å². The lowest BCUT2D eigenvalue weighted by Gasteiger charge is -2.13. The molecule has 3 rings (SSSR count). The zero-order chi connectivity index (χ0) is 10.4. The van der Waals surface area contributed by atoms with Gasteiger partial charge in [-0.05, 0) is 46.0 Å². The molecule has 0 radical (unpaired) electrons. The fourth-order valence-electron chi connectivity index (χ4n) is 2.36. The van der Waals surface area contributed by atoms with Gasteiger partial charge in [0.1, 0.15) is 5.82 Å². The first-order valence-electron chi connectivity index (χ1n) is 6.12. The molecule has 0 unspecified atom stereocenters. The molecule has 3 heteroatoms. The van der Waals surface area contributed by atoms with Gasteiger partial charge in [0, 0.05) is 17.6 Å². The van der Waals surface area contributed by atoms with Gasteiger partial charge in [-0.1, -0.05) is 0 Å². The maximum atomic E-state index is 4.73. The Morgan fingerprint density at radius 2 is 2.13 bits per heavy atom. The molecule has 0 saturated heterocycles. The molecule has 1 saturated carbocycles. The zero-order valence-electron chi connectivity index (χ0n) is 9.58. The first kappa shape index (κ1) is 9.25. The third-order valence-corrected chi connectivity index (χ3v) is 3.34. The summed E-state index contributed by atoms with van der Waals surface area (Å²) >= 11 is 0. The highest BCUT2D eigenvalue weighted by Gasteiger charge is 2.28. The van der Waals surface area contributed by atoms with E-state index in [-0.39, 0.29) is 0 Å². The average molecular weight is 205 g/mol. The molecule has 0 bridgehead atoms. The largest absolute Gasteiger partial charge is 0.367 e. The van der Waals surface area contributed by atoms with E-state index in [1.165, 1.54) is 49.2 Å². The van der Waals surface area contributed by atoms with Crippen molar-refractivity contribution < 1.29 is 0 Å². The first-order valence-corrected chi connectivity index (χ1v) is 6.12. The van der Waals surface area contributed by atoms with E-state index < -0.39 is 0 Å². The molecule has 3 nitrogen and oxygen atoms in total. The van der Waals surface area contributed by atoms with Crippen molar-refractivity contribution >= 4 is 5.82 Å². The number of anilines is 1. The number of nitrogens with zero attached hydrogens (tertiary/aromatic N) is 2. The molecule has 1 fully saturated rings. The lowest BCUT2D eigenvalue weighted by molar-refractivity contribution is 0.529. The topological polar surface area (TPSA) is 29.9 Å². The van der Waals surface area contributed by atoms with Crippen molar-refractivity contribution in [3.8, 4) is 0 Å². The summed E-state index contributed by atoms with van der Waals surface area (Å²) < 4.78 is 2.18.